The van der Waals surface area contributed by atoms with Crippen molar-refractivity contribution in [2.45, 2.75) is 25.7 Å². The van der Waals surface area contributed by atoms with Crippen molar-refractivity contribution in [3.05, 3.63) is 63.2 Å². The summed E-state index contributed by atoms with van der Waals surface area (Å²) >= 11 is 1.08. The van der Waals surface area contributed by atoms with Crippen LogP contribution in [0.4, 0.5) is 11.4 Å². The van der Waals surface area contributed by atoms with Gasteiger partial charge in [0.05, 0.1) is 22.1 Å². The minimum Gasteiger partial charge on any atom is -0.336 e. The lowest BCUT2D eigenvalue weighted by Crippen LogP contribution is -2.36. The van der Waals surface area contributed by atoms with Crippen molar-refractivity contribution < 1.29 is 14.5 Å². The third-order valence-corrected chi connectivity index (χ3v) is 5.21. The molecule has 0 fully saturated rings. The Bertz CT molecular complexity index is 891. The predicted octanol–water partition coefficient (Wildman–Crippen LogP) is 3.71. The first-order chi connectivity index (χ1) is 13.2. The number of aryl methyl sites for hydroxylation is 3. The SMILES string of the molecule is Cc1cc(C)c(NC(=O)CN(C)C(=O)CSc2ccccc2[N+](=O)[O-])c(C)c1. The van der Waals surface area contributed by atoms with Crippen molar-refractivity contribution in [2.75, 3.05) is 24.7 Å². The highest BCUT2D eigenvalue weighted by Crippen LogP contribution is 2.28. The smallest absolute Gasteiger partial charge is 0.282 e. The summed E-state index contributed by atoms with van der Waals surface area (Å²) in [5.41, 5.74) is 3.77. The molecule has 0 aromatic heterocycles. The molecule has 2 amide bonds. The van der Waals surface area contributed by atoms with Gasteiger partial charge in [-0.05, 0) is 38.0 Å². The standard InChI is InChI=1S/C20H23N3O4S/c1-13-9-14(2)20(15(3)10-13)21-18(24)11-22(4)19(25)12-28-17-8-6-5-7-16(17)23(26)27/h5-10H,11-12H2,1-4H3,(H,21,24). The van der Waals surface area contributed by atoms with Crippen molar-refractivity contribution in [1.82, 2.24) is 4.90 Å². The maximum atomic E-state index is 12.3. The number of nitro benzene ring substituents is 1. The van der Waals surface area contributed by atoms with Crippen molar-refractivity contribution in [3.8, 4) is 0 Å². The molecule has 7 nitrogen and oxygen atoms in total. The Labute approximate surface area is 168 Å². The first-order valence-electron chi connectivity index (χ1n) is 8.67. The highest BCUT2D eigenvalue weighted by Gasteiger charge is 2.18. The second-order valence-corrected chi connectivity index (χ2v) is 7.60. The maximum Gasteiger partial charge on any atom is 0.282 e. The first kappa shape index (κ1) is 21.4. The highest BCUT2D eigenvalue weighted by molar-refractivity contribution is 8.00. The van der Waals surface area contributed by atoms with Crippen LogP contribution in [0.1, 0.15) is 16.7 Å². The van der Waals surface area contributed by atoms with Gasteiger partial charge < -0.3 is 10.2 Å². The number of carbonyl (C=O) groups is 2. The number of amides is 2. The van der Waals surface area contributed by atoms with Crippen LogP contribution in [0.2, 0.25) is 0 Å². The van der Waals surface area contributed by atoms with E-state index in [2.05, 4.69) is 5.32 Å². The summed E-state index contributed by atoms with van der Waals surface area (Å²) in [6.07, 6.45) is 0. The molecule has 2 aromatic carbocycles. The van der Waals surface area contributed by atoms with E-state index in [1.807, 2.05) is 32.9 Å². The normalized spacial score (nSPS) is 10.4. The number of likely N-dealkylation sites (N-methyl/N-ethyl adjacent to an activating group) is 1. The minimum atomic E-state index is -0.476. The average molecular weight is 401 g/mol. The summed E-state index contributed by atoms with van der Waals surface area (Å²) < 4.78 is 0. The monoisotopic (exact) mass is 401 g/mol. The summed E-state index contributed by atoms with van der Waals surface area (Å²) in [6, 6.07) is 10.2. The van der Waals surface area contributed by atoms with E-state index in [0.717, 1.165) is 34.1 Å². The Hall–Kier alpha value is -2.87. The third kappa shape index (κ3) is 5.56. The average Bonchev–Trinajstić information content (AvgIpc) is 2.62. The number of thioether (sulfide) groups is 1. The molecule has 2 rings (SSSR count). The van der Waals surface area contributed by atoms with E-state index in [1.165, 1.54) is 18.0 Å². The van der Waals surface area contributed by atoms with Gasteiger partial charge in [-0.15, -0.1) is 11.8 Å². The molecule has 28 heavy (non-hydrogen) atoms. The van der Waals surface area contributed by atoms with Gasteiger partial charge in [-0.2, -0.15) is 0 Å². The van der Waals surface area contributed by atoms with Gasteiger partial charge in [-0.25, -0.2) is 0 Å². The molecule has 0 aliphatic rings. The number of carbonyl (C=O) groups excluding carboxylic acids is 2. The van der Waals surface area contributed by atoms with Crippen LogP contribution in [0.5, 0.6) is 0 Å². The number of nitrogens with one attached hydrogen (secondary N) is 1. The topological polar surface area (TPSA) is 92.6 Å². The van der Waals surface area contributed by atoms with Crippen LogP contribution in [-0.2, 0) is 9.59 Å². The Morgan fingerprint density at radius 1 is 1.14 bits per heavy atom. The molecule has 148 valence electrons. The molecular formula is C20H23N3O4S. The number of para-hydroxylation sites is 1. The van der Waals surface area contributed by atoms with Crippen LogP contribution >= 0.6 is 11.8 Å². The van der Waals surface area contributed by atoms with Gasteiger partial charge in [0.2, 0.25) is 11.8 Å². The van der Waals surface area contributed by atoms with E-state index in [9.17, 15) is 19.7 Å². The zero-order valence-electron chi connectivity index (χ0n) is 16.3. The number of rotatable bonds is 7. The predicted molar refractivity (Wildman–Crippen MR) is 111 cm³/mol. The number of nitro groups is 1. The Morgan fingerprint density at radius 3 is 2.36 bits per heavy atom. The van der Waals surface area contributed by atoms with E-state index >= 15 is 0 Å². The Balaban J connectivity index is 1.94. The second kappa shape index (κ2) is 9.36. The van der Waals surface area contributed by atoms with E-state index in [-0.39, 0.29) is 29.8 Å². The van der Waals surface area contributed by atoms with E-state index < -0.39 is 4.92 Å². The lowest BCUT2D eigenvalue weighted by molar-refractivity contribution is -0.387. The zero-order chi connectivity index (χ0) is 20.8. The summed E-state index contributed by atoms with van der Waals surface area (Å²) in [7, 11) is 1.54. The van der Waals surface area contributed by atoms with Gasteiger partial charge in [-0.1, -0.05) is 29.8 Å². The first-order valence-corrected chi connectivity index (χ1v) is 9.65. The third-order valence-electron chi connectivity index (χ3n) is 4.16. The van der Waals surface area contributed by atoms with E-state index in [4.69, 9.17) is 0 Å². The fraction of sp³-hybridized carbons (Fsp3) is 0.300. The lowest BCUT2D eigenvalue weighted by Gasteiger charge is -2.18. The molecule has 0 saturated heterocycles. The van der Waals surface area contributed by atoms with Crippen molar-refractivity contribution in [1.29, 1.82) is 0 Å². The number of nitrogens with zero attached hydrogens (tertiary/aromatic N) is 2. The fourth-order valence-electron chi connectivity index (χ4n) is 2.84. The Kier molecular flexibility index (Phi) is 7.17. The molecule has 0 unspecified atom stereocenters. The van der Waals surface area contributed by atoms with Gasteiger partial charge in [0.25, 0.3) is 5.69 Å². The van der Waals surface area contributed by atoms with Gasteiger partial charge in [-0.3, -0.25) is 19.7 Å². The second-order valence-electron chi connectivity index (χ2n) is 6.59. The molecule has 2 aromatic rings. The molecule has 0 bridgehead atoms. The Morgan fingerprint density at radius 2 is 1.75 bits per heavy atom. The van der Waals surface area contributed by atoms with Crippen LogP contribution in [0.25, 0.3) is 0 Å². The van der Waals surface area contributed by atoms with E-state index in [1.54, 1.807) is 18.2 Å². The molecule has 1 N–H and O–H groups in total. The fourth-order valence-corrected chi connectivity index (χ4v) is 3.80. The number of anilines is 1. The summed E-state index contributed by atoms with van der Waals surface area (Å²) in [5.74, 6) is -0.561. The van der Waals surface area contributed by atoms with Crippen LogP contribution in [0.15, 0.2) is 41.3 Å². The zero-order valence-corrected chi connectivity index (χ0v) is 17.1. The van der Waals surface area contributed by atoms with Gasteiger partial charge in [0, 0.05) is 18.8 Å². The molecule has 8 heteroatoms. The highest BCUT2D eigenvalue weighted by atomic mass is 32.2. The minimum absolute atomic E-state index is 0.0111. The maximum absolute atomic E-state index is 12.3. The molecule has 0 spiro atoms. The molecule has 0 aliphatic heterocycles. The molecule has 0 aliphatic carbocycles. The van der Waals surface area contributed by atoms with E-state index in [0.29, 0.717) is 4.90 Å². The van der Waals surface area contributed by atoms with Crippen LogP contribution in [0, 0.1) is 30.9 Å². The molecule has 0 atom stereocenters. The van der Waals surface area contributed by atoms with Crippen molar-refractivity contribution >= 4 is 35.0 Å². The number of hydrogen-bond acceptors (Lipinski definition) is 5. The molecule has 0 heterocycles. The van der Waals surface area contributed by atoms with Gasteiger partial charge >= 0.3 is 0 Å². The molecule has 0 saturated carbocycles. The molecular weight excluding hydrogens is 378 g/mol. The number of hydrogen-bond donors (Lipinski definition) is 1. The van der Waals surface area contributed by atoms with Gasteiger partial charge in [0.1, 0.15) is 0 Å². The lowest BCUT2D eigenvalue weighted by atomic mass is 10.1. The van der Waals surface area contributed by atoms with Crippen molar-refractivity contribution in [2.24, 2.45) is 0 Å². The summed E-state index contributed by atoms with van der Waals surface area (Å²) in [4.78, 5) is 37.0. The van der Waals surface area contributed by atoms with Crippen LogP contribution in [0.3, 0.4) is 0 Å². The molecule has 0 radical (unpaired) electrons. The largest absolute Gasteiger partial charge is 0.336 e. The summed E-state index contributed by atoms with van der Waals surface area (Å²) in [6.45, 7) is 5.75. The quantitative estimate of drug-likeness (QED) is 0.434. The van der Waals surface area contributed by atoms with Crippen LogP contribution < -0.4 is 5.32 Å². The summed E-state index contributed by atoms with van der Waals surface area (Å²) in [5, 5.41) is 13.9. The number of benzene rings is 2. The van der Waals surface area contributed by atoms with Crippen molar-refractivity contribution in [3.63, 3.8) is 0 Å². The van der Waals surface area contributed by atoms with Crippen LogP contribution in [-0.4, -0.2) is 41.0 Å². The van der Waals surface area contributed by atoms with Gasteiger partial charge in [0.15, 0.2) is 0 Å².